The fourth-order valence-corrected chi connectivity index (χ4v) is 1.33. The van der Waals surface area contributed by atoms with Gasteiger partial charge in [0.15, 0.2) is 0 Å². The van der Waals surface area contributed by atoms with E-state index in [0.29, 0.717) is 18.7 Å². The Bertz CT molecular complexity index is 389. The number of nitrogens with two attached hydrogens (primary N) is 1. The zero-order chi connectivity index (χ0) is 12.9. The zero-order valence-corrected chi connectivity index (χ0v) is 10.6. The molecular formula is C13H20N2O2. The van der Waals surface area contributed by atoms with E-state index in [1.165, 1.54) is 0 Å². The maximum atomic E-state index is 11.7. The number of nitrogen functional groups attached to an aromatic ring is 1. The molecule has 0 spiro atoms. The van der Waals surface area contributed by atoms with E-state index in [-0.39, 0.29) is 11.5 Å². The van der Waals surface area contributed by atoms with E-state index in [4.69, 9.17) is 10.5 Å². The van der Waals surface area contributed by atoms with Gasteiger partial charge in [-0.1, -0.05) is 12.1 Å². The molecule has 94 valence electrons. The molecule has 0 aliphatic carbocycles. The highest BCUT2D eigenvalue weighted by atomic mass is 16.5. The molecule has 0 atom stereocenters. The fraction of sp³-hybridized carbons (Fsp3) is 0.462. The highest BCUT2D eigenvalue weighted by Crippen LogP contribution is 2.08. The van der Waals surface area contributed by atoms with Crippen molar-refractivity contribution in [3.63, 3.8) is 0 Å². The maximum absolute atomic E-state index is 11.7. The second-order valence-corrected chi connectivity index (χ2v) is 4.66. The van der Waals surface area contributed by atoms with Crippen LogP contribution in [0.3, 0.4) is 0 Å². The van der Waals surface area contributed by atoms with Crippen LogP contribution in [0.5, 0.6) is 0 Å². The summed E-state index contributed by atoms with van der Waals surface area (Å²) >= 11 is 0. The number of methoxy groups -OCH3 is 1. The molecule has 4 heteroatoms. The molecule has 3 N–H and O–H groups in total. The average molecular weight is 236 g/mol. The molecule has 17 heavy (non-hydrogen) atoms. The van der Waals surface area contributed by atoms with Crippen molar-refractivity contribution in [3.8, 4) is 0 Å². The number of anilines is 1. The van der Waals surface area contributed by atoms with Crippen LogP contribution in [-0.4, -0.2) is 25.2 Å². The molecule has 0 saturated carbocycles. The van der Waals surface area contributed by atoms with Crippen LogP contribution in [0.2, 0.25) is 0 Å². The summed E-state index contributed by atoms with van der Waals surface area (Å²) in [4.78, 5) is 11.7. The summed E-state index contributed by atoms with van der Waals surface area (Å²) in [6.07, 6.45) is 0.338. The molecule has 0 bridgehead atoms. The first-order valence-corrected chi connectivity index (χ1v) is 5.59. The lowest BCUT2D eigenvalue weighted by molar-refractivity contribution is -0.121. The van der Waals surface area contributed by atoms with E-state index in [1.807, 2.05) is 26.0 Å². The monoisotopic (exact) mass is 236 g/mol. The standard InChI is InChI=1S/C13H20N2O2/c1-13(2,17-3)9-15-12(16)8-10-5-4-6-11(14)7-10/h4-7H,8-9,14H2,1-3H3,(H,15,16). The zero-order valence-electron chi connectivity index (χ0n) is 10.6. The number of nitrogens with one attached hydrogen (secondary N) is 1. The number of hydrogen-bond acceptors (Lipinski definition) is 3. The Kier molecular flexibility index (Phi) is 4.52. The first kappa shape index (κ1) is 13.5. The van der Waals surface area contributed by atoms with Crippen LogP contribution < -0.4 is 11.1 Å². The fourth-order valence-electron chi connectivity index (χ4n) is 1.33. The number of hydrogen-bond donors (Lipinski definition) is 2. The Hall–Kier alpha value is -1.55. The van der Waals surface area contributed by atoms with Crippen molar-refractivity contribution < 1.29 is 9.53 Å². The van der Waals surface area contributed by atoms with Crippen molar-refractivity contribution >= 4 is 11.6 Å². The predicted octanol–water partition coefficient (Wildman–Crippen LogP) is 1.35. The molecule has 0 heterocycles. The molecule has 1 amide bonds. The van der Waals surface area contributed by atoms with Crippen molar-refractivity contribution in [3.05, 3.63) is 29.8 Å². The van der Waals surface area contributed by atoms with E-state index < -0.39 is 0 Å². The Morgan fingerprint density at radius 3 is 2.76 bits per heavy atom. The normalized spacial score (nSPS) is 11.2. The maximum Gasteiger partial charge on any atom is 0.224 e. The van der Waals surface area contributed by atoms with Gasteiger partial charge in [0, 0.05) is 19.3 Å². The molecule has 0 aliphatic rings. The summed E-state index contributed by atoms with van der Waals surface area (Å²) in [5.74, 6) is -0.0271. The van der Waals surface area contributed by atoms with Crippen molar-refractivity contribution in [1.29, 1.82) is 0 Å². The Balaban J connectivity index is 2.45. The first-order chi connectivity index (χ1) is 7.93. The van der Waals surface area contributed by atoms with Gasteiger partial charge in [0.25, 0.3) is 0 Å². The van der Waals surface area contributed by atoms with E-state index >= 15 is 0 Å². The lowest BCUT2D eigenvalue weighted by atomic mass is 10.1. The molecule has 0 aromatic heterocycles. The Labute approximate surface area is 102 Å². The van der Waals surface area contributed by atoms with Gasteiger partial charge < -0.3 is 15.8 Å². The van der Waals surface area contributed by atoms with Gasteiger partial charge in [-0.05, 0) is 31.5 Å². The van der Waals surface area contributed by atoms with Gasteiger partial charge in [0.2, 0.25) is 5.91 Å². The SMILES string of the molecule is COC(C)(C)CNC(=O)Cc1cccc(N)c1. The molecule has 0 unspecified atom stereocenters. The Morgan fingerprint density at radius 1 is 1.47 bits per heavy atom. The third-order valence-corrected chi connectivity index (χ3v) is 2.58. The number of amides is 1. The molecule has 1 aromatic rings. The van der Waals surface area contributed by atoms with Crippen LogP contribution in [0.1, 0.15) is 19.4 Å². The van der Waals surface area contributed by atoms with E-state index in [0.717, 1.165) is 5.56 Å². The number of carbonyl (C=O) groups excluding carboxylic acids is 1. The molecule has 0 fully saturated rings. The third-order valence-electron chi connectivity index (χ3n) is 2.58. The topological polar surface area (TPSA) is 64.3 Å². The van der Waals surface area contributed by atoms with Gasteiger partial charge >= 0.3 is 0 Å². The molecule has 1 aromatic carbocycles. The summed E-state index contributed by atoms with van der Waals surface area (Å²) < 4.78 is 5.22. The van der Waals surface area contributed by atoms with E-state index in [1.54, 1.807) is 19.2 Å². The highest BCUT2D eigenvalue weighted by molar-refractivity contribution is 5.78. The smallest absolute Gasteiger partial charge is 0.224 e. The van der Waals surface area contributed by atoms with Crippen LogP contribution in [0.15, 0.2) is 24.3 Å². The van der Waals surface area contributed by atoms with Crippen LogP contribution in [-0.2, 0) is 16.0 Å². The Morgan fingerprint density at radius 2 is 2.18 bits per heavy atom. The summed E-state index contributed by atoms with van der Waals surface area (Å²) in [5, 5.41) is 2.84. The largest absolute Gasteiger partial charge is 0.399 e. The minimum atomic E-state index is -0.342. The number of benzene rings is 1. The average Bonchev–Trinajstić information content (AvgIpc) is 2.27. The highest BCUT2D eigenvalue weighted by Gasteiger charge is 2.17. The van der Waals surface area contributed by atoms with Crippen LogP contribution >= 0.6 is 0 Å². The molecule has 0 aliphatic heterocycles. The van der Waals surface area contributed by atoms with Gasteiger partial charge in [-0.3, -0.25) is 4.79 Å². The van der Waals surface area contributed by atoms with Crippen molar-refractivity contribution in [1.82, 2.24) is 5.32 Å². The van der Waals surface area contributed by atoms with E-state index in [9.17, 15) is 4.79 Å². The molecule has 4 nitrogen and oxygen atoms in total. The van der Waals surface area contributed by atoms with Crippen LogP contribution in [0.25, 0.3) is 0 Å². The summed E-state index contributed by atoms with van der Waals surface area (Å²) in [7, 11) is 1.63. The van der Waals surface area contributed by atoms with Crippen molar-refractivity contribution in [2.24, 2.45) is 0 Å². The van der Waals surface area contributed by atoms with Crippen LogP contribution in [0, 0.1) is 0 Å². The molecular weight excluding hydrogens is 216 g/mol. The lowest BCUT2D eigenvalue weighted by Crippen LogP contribution is -2.40. The van der Waals surface area contributed by atoms with Gasteiger partial charge in [0.1, 0.15) is 0 Å². The van der Waals surface area contributed by atoms with Crippen molar-refractivity contribution in [2.45, 2.75) is 25.9 Å². The van der Waals surface area contributed by atoms with Gasteiger partial charge in [-0.2, -0.15) is 0 Å². The van der Waals surface area contributed by atoms with Crippen LogP contribution in [0.4, 0.5) is 5.69 Å². The summed E-state index contributed by atoms with van der Waals surface area (Å²) in [6, 6.07) is 7.34. The first-order valence-electron chi connectivity index (χ1n) is 5.59. The summed E-state index contributed by atoms with van der Waals surface area (Å²) in [6.45, 7) is 4.34. The minimum Gasteiger partial charge on any atom is -0.399 e. The quantitative estimate of drug-likeness (QED) is 0.758. The second-order valence-electron chi connectivity index (χ2n) is 4.66. The molecule has 0 saturated heterocycles. The van der Waals surface area contributed by atoms with Gasteiger partial charge in [0.05, 0.1) is 12.0 Å². The second kappa shape index (κ2) is 5.68. The molecule has 1 rings (SSSR count). The summed E-state index contributed by atoms with van der Waals surface area (Å²) in [5.41, 5.74) is 6.89. The predicted molar refractivity (Wildman–Crippen MR) is 68.7 cm³/mol. The number of ether oxygens (including phenoxy) is 1. The number of carbonyl (C=O) groups is 1. The number of rotatable bonds is 5. The van der Waals surface area contributed by atoms with Crippen molar-refractivity contribution in [2.75, 3.05) is 19.4 Å². The minimum absolute atomic E-state index is 0.0271. The van der Waals surface area contributed by atoms with Gasteiger partial charge in [-0.15, -0.1) is 0 Å². The lowest BCUT2D eigenvalue weighted by Gasteiger charge is -2.23. The molecule has 0 radical (unpaired) electrons. The third kappa shape index (κ3) is 4.87. The van der Waals surface area contributed by atoms with E-state index in [2.05, 4.69) is 5.32 Å². The van der Waals surface area contributed by atoms with Gasteiger partial charge in [-0.25, -0.2) is 0 Å².